The van der Waals surface area contributed by atoms with Gasteiger partial charge in [-0.1, -0.05) is 66.4 Å². The molecule has 7 heteroatoms. The van der Waals surface area contributed by atoms with Crippen LogP contribution in [0.4, 0.5) is 0 Å². The van der Waals surface area contributed by atoms with Crippen molar-refractivity contribution in [2.24, 2.45) is 12.2 Å². The molecule has 0 radical (unpaired) electrons. The fraction of sp³-hybridized carbons (Fsp3) is 0.0952. The first-order chi connectivity index (χ1) is 13.4. The number of aromatic nitrogens is 2. The topological polar surface area (TPSA) is 78.0 Å². The molecule has 1 heterocycles. The summed E-state index contributed by atoms with van der Waals surface area (Å²) in [6, 6.07) is 23.5. The Morgan fingerprint density at radius 2 is 1.64 bits per heavy atom. The van der Waals surface area contributed by atoms with Crippen molar-refractivity contribution in [2.45, 2.75) is 15.8 Å². The number of aryl methyl sites for hydroxylation is 1. The van der Waals surface area contributed by atoms with Gasteiger partial charge in [0, 0.05) is 12.8 Å². The van der Waals surface area contributed by atoms with Gasteiger partial charge in [0.05, 0.1) is 15.9 Å². The van der Waals surface area contributed by atoms with E-state index in [2.05, 4.69) is 41.4 Å². The third kappa shape index (κ3) is 3.82. The highest BCUT2D eigenvalue weighted by Crippen LogP contribution is 2.28. The predicted molar refractivity (Wildman–Crippen MR) is 114 cm³/mol. The van der Waals surface area contributed by atoms with E-state index in [0.717, 1.165) is 16.4 Å². The third-order valence-electron chi connectivity index (χ3n) is 4.57. The fourth-order valence-corrected chi connectivity index (χ4v) is 4.51. The second kappa shape index (κ2) is 7.43. The maximum Gasteiger partial charge on any atom is 0.238 e. The van der Waals surface area contributed by atoms with Crippen LogP contribution in [0.3, 0.4) is 0 Å². The van der Waals surface area contributed by atoms with Crippen molar-refractivity contribution in [1.82, 2.24) is 9.55 Å². The standard InChI is InChI=1S/C21H19N3O2S2/c1-24-20-12-11-18(28(22,25)26)13-19(20)23-21(24)27-14-15-7-9-17(10-8-15)16-5-3-2-4-6-16/h2-13H,14H2,1H3,(H2,22,25,26). The lowest BCUT2D eigenvalue weighted by Gasteiger charge is -2.05. The predicted octanol–water partition coefficient (Wildman–Crippen LogP) is 4.18. The molecule has 3 aromatic carbocycles. The van der Waals surface area contributed by atoms with Gasteiger partial charge in [0.25, 0.3) is 0 Å². The molecule has 0 aliphatic heterocycles. The van der Waals surface area contributed by atoms with Crippen LogP contribution in [0, 0.1) is 0 Å². The molecular weight excluding hydrogens is 390 g/mol. The zero-order chi connectivity index (χ0) is 19.7. The summed E-state index contributed by atoms with van der Waals surface area (Å²) in [5, 5.41) is 6.04. The second-order valence-electron chi connectivity index (χ2n) is 6.50. The van der Waals surface area contributed by atoms with Crippen molar-refractivity contribution >= 4 is 32.8 Å². The number of fused-ring (bicyclic) bond motifs is 1. The van der Waals surface area contributed by atoms with Crippen LogP contribution in [-0.2, 0) is 22.8 Å². The monoisotopic (exact) mass is 409 g/mol. The molecule has 0 saturated carbocycles. The molecule has 0 atom stereocenters. The Balaban J connectivity index is 1.53. The van der Waals surface area contributed by atoms with E-state index in [-0.39, 0.29) is 4.90 Å². The van der Waals surface area contributed by atoms with Gasteiger partial charge in [-0.2, -0.15) is 0 Å². The van der Waals surface area contributed by atoms with Crippen LogP contribution >= 0.6 is 11.8 Å². The molecule has 5 nitrogen and oxygen atoms in total. The molecule has 0 fully saturated rings. The lowest BCUT2D eigenvalue weighted by Crippen LogP contribution is -2.11. The summed E-state index contributed by atoms with van der Waals surface area (Å²) in [7, 11) is -1.81. The van der Waals surface area contributed by atoms with Crippen LogP contribution in [0.25, 0.3) is 22.2 Å². The van der Waals surface area contributed by atoms with Crippen LogP contribution in [0.1, 0.15) is 5.56 Å². The SMILES string of the molecule is Cn1c(SCc2ccc(-c3ccccc3)cc2)nc2cc(S(N)(=O)=O)ccc21. The Hall–Kier alpha value is -2.61. The first-order valence-electron chi connectivity index (χ1n) is 8.68. The molecule has 0 saturated heterocycles. The summed E-state index contributed by atoms with van der Waals surface area (Å²) in [5.41, 5.74) is 5.07. The number of benzene rings is 3. The number of thioether (sulfide) groups is 1. The Kier molecular flexibility index (Phi) is 4.97. The number of hydrogen-bond acceptors (Lipinski definition) is 4. The molecular formula is C21H19N3O2S2. The molecule has 4 aromatic rings. The summed E-state index contributed by atoms with van der Waals surface area (Å²) in [6.07, 6.45) is 0. The molecule has 0 spiro atoms. The summed E-state index contributed by atoms with van der Waals surface area (Å²) in [5.74, 6) is 0.772. The molecule has 0 bridgehead atoms. The summed E-state index contributed by atoms with van der Waals surface area (Å²) in [4.78, 5) is 4.65. The number of imidazole rings is 1. The van der Waals surface area contributed by atoms with Crippen LogP contribution < -0.4 is 5.14 Å². The third-order valence-corrected chi connectivity index (χ3v) is 6.58. The summed E-state index contributed by atoms with van der Waals surface area (Å²) >= 11 is 1.61. The molecule has 1 aromatic heterocycles. The van der Waals surface area contributed by atoms with Gasteiger partial charge in [-0.05, 0) is 34.9 Å². The molecule has 0 unspecified atom stereocenters. The van der Waals surface area contributed by atoms with Gasteiger partial charge >= 0.3 is 0 Å². The van der Waals surface area contributed by atoms with E-state index in [9.17, 15) is 8.42 Å². The van der Waals surface area contributed by atoms with Crippen molar-refractivity contribution in [3.8, 4) is 11.1 Å². The Bertz CT molecular complexity index is 1230. The minimum atomic E-state index is -3.74. The molecule has 0 aliphatic rings. The first kappa shape index (κ1) is 18.7. The zero-order valence-corrected chi connectivity index (χ0v) is 16.9. The van der Waals surface area contributed by atoms with E-state index in [0.29, 0.717) is 5.52 Å². The van der Waals surface area contributed by atoms with Crippen LogP contribution in [0.15, 0.2) is 82.8 Å². The average Bonchev–Trinajstić information content (AvgIpc) is 3.02. The Labute approximate surface area is 168 Å². The van der Waals surface area contributed by atoms with Gasteiger partial charge in [-0.15, -0.1) is 0 Å². The van der Waals surface area contributed by atoms with Gasteiger partial charge in [0.1, 0.15) is 0 Å². The molecule has 0 amide bonds. The van der Waals surface area contributed by atoms with Crippen LogP contribution in [0.2, 0.25) is 0 Å². The van der Waals surface area contributed by atoms with Gasteiger partial charge < -0.3 is 4.57 Å². The van der Waals surface area contributed by atoms with Gasteiger partial charge in [-0.3, -0.25) is 0 Å². The van der Waals surface area contributed by atoms with E-state index in [1.165, 1.54) is 28.8 Å². The maximum atomic E-state index is 11.5. The molecule has 4 rings (SSSR count). The number of nitrogens with zero attached hydrogens (tertiary/aromatic N) is 2. The van der Waals surface area contributed by atoms with Gasteiger partial charge in [0.15, 0.2) is 5.16 Å². The Morgan fingerprint density at radius 3 is 2.32 bits per heavy atom. The van der Waals surface area contributed by atoms with Crippen LogP contribution in [0.5, 0.6) is 0 Å². The minimum Gasteiger partial charge on any atom is -0.322 e. The van der Waals surface area contributed by atoms with Crippen molar-refractivity contribution in [3.05, 3.63) is 78.4 Å². The second-order valence-corrected chi connectivity index (χ2v) is 9.00. The van der Waals surface area contributed by atoms with E-state index in [1.807, 2.05) is 29.8 Å². The van der Waals surface area contributed by atoms with Gasteiger partial charge in [-0.25, -0.2) is 18.5 Å². The van der Waals surface area contributed by atoms with E-state index in [1.54, 1.807) is 17.8 Å². The smallest absolute Gasteiger partial charge is 0.238 e. The van der Waals surface area contributed by atoms with E-state index < -0.39 is 10.0 Å². The minimum absolute atomic E-state index is 0.0751. The van der Waals surface area contributed by atoms with Gasteiger partial charge in [0.2, 0.25) is 10.0 Å². The largest absolute Gasteiger partial charge is 0.322 e. The molecule has 28 heavy (non-hydrogen) atoms. The fourth-order valence-electron chi connectivity index (χ4n) is 3.04. The van der Waals surface area contributed by atoms with Crippen molar-refractivity contribution in [3.63, 3.8) is 0 Å². The Morgan fingerprint density at radius 1 is 0.964 bits per heavy atom. The lowest BCUT2D eigenvalue weighted by atomic mass is 10.0. The number of nitrogens with two attached hydrogens (primary N) is 1. The molecule has 2 N–H and O–H groups in total. The number of hydrogen-bond donors (Lipinski definition) is 1. The van der Waals surface area contributed by atoms with E-state index in [4.69, 9.17) is 5.14 Å². The van der Waals surface area contributed by atoms with Crippen molar-refractivity contribution in [2.75, 3.05) is 0 Å². The zero-order valence-electron chi connectivity index (χ0n) is 15.2. The lowest BCUT2D eigenvalue weighted by molar-refractivity contribution is 0.598. The first-order valence-corrected chi connectivity index (χ1v) is 11.2. The highest BCUT2D eigenvalue weighted by molar-refractivity contribution is 7.98. The van der Waals surface area contributed by atoms with Crippen molar-refractivity contribution < 1.29 is 8.42 Å². The number of rotatable bonds is 5. The normalized spacial score (nSPS) is 11.8. The number of primary sulfonamides is 1. The highest BCUT2D eigenvalue weighted by atomic mass is 32.2. The van der Waals surface area contributed by atoms with Crippen molar-refractivity contribution in [1.29, 1.82) is 0 Å². The quantitative estimate of drug-likeness (QED) is 0.502. The summed E-state index contributed by atoms with van der Waals surface area (Å²) in [6.45, 7) is 0. The summed E-state index contributed by atoms with van der Waals surface area (Å²) < 4.78 is 25.1. The molecule has 142 valence electrons. The van der Waals surface area contributed by atoms with E-state index >= 15 is 0 Å². The average molecular weight is 410 g/mol. The highest BCUT2D eigenvalue weighted by Gasteiger charge is 2.13. The van der Waals surface area contributed by atoms with Crippen LogP contribution in [-0.4, -0.2) is 18.0 Å². The molecule has 0 aliphatic carbocycles. The maximum absolute atomic E-state index is 11.5. The number of sulfonamides is 1.